The van der Waals surface area contributed by atoms with Crippen molar-refractivity contribution in [2.45, 2.75) is 50.4 Å². The second kappa shape index (κ2) is 10.5. The first kappa shape index (κ1) is 23.0. The van der Waals surface area contributed by atoms with Gasteiger partial charge in [-0.1, -0.05) is 36.4 Å². The fourth-order valence-electron chi connectivity index (χ4n) is 2.80. The molecule has 31 heavy (non-hydrogen) atoms. The molecule has 10 heteroatoms. The number of anilines is 2. The molecule has 0 aliphatic rings. The standard InChI is InChI=1S/C21H26N6O2S2/c1-5-16(19(29)24-20-22-14(3)12-30-20)31-21-26-25-17(27(21)4)10-11-18(28)23-15-8-6-13(2)7-9-15/h6-9,12,16H,5,10-11H2,1-4H3,(H,23,28)(H,22,24,29). The van der Waals surface area contributed by atoms with Crippen LogP contribution in [-0.2, 0) is 23.1 Å². The molecule has 1 atom stereocenters. The number of carbonyl (C=O) groups is 2. The van der Waals surface area contributed by atoms with Gasteiger partial charge < -0.3 is 15.2 Å². The zero-order chi connectivity index (χ0) is 22.4. The summed E-state index contributed by atoms with van der Waals surface area (Å²) in [5, 5.41) is 17.0. The largest absolute Gasteiger partial charge is 0.326 e. The Morgan fingerprint density at radius 2 is 1.90 bits per heavy atom. The molecule has 2 heterocycles. The number of amides is 2. The van der Waals surface area contributed by atoms with Crippen LogP contribution in [0.5, 0.6) is 0 Å². The van der Waals surface area contributed by atoms with E-state index in [1.54, 1.807) is 0 Å². The van der Waals surface area contributed by atoms with Crippen molar-refractivity contribution in [3.05, 3.63) is 46.7 Å². The van der Waals surface area contributed by atoms with Gasteiger partial charge in [0.15, 0.2) is 10.3 Å². The van der Waals surface area contributed by atoms with E-state index in [1.807, 2.05) is 62.0 Å². The van der Waals surface area contributed by atoms with Crippen molar-refractivity contribution in [3.8, 4) is 0 Å². The van der Waals surface area contributed by atoms with Gasteiger partial charge in [0.25, 0.3) is 0 Å². The van der Waals surface area contributed by atoms with Crippen molar-refractivity contribution in [2.24, 2.45) is 7.05 Å². The fraction of sp³-hybridized carbons (Fsp3) is 0.381. The van der Waals surface area contributed by atoms with Crippen molar-refractivity contribution in [1.29, 1.82) is 0 Å². The van der Waals surface area contributed by atoms with E-state index in [4.69, 9.17) is 0 Å². The number of nitrogens with one attached hydrogen (secondary N) is 2. The molecule has 0 aliphatic carbocycles. The van der Waals surface area contributed by atoms with Crippen molar-refractivity contribution in [1.82, 2.24) is 19.7 Å². The van der Waals surface area contributed by atoms with E-state index in [0.717, 1.165) is 16.9 Å². The Balaban J connectivity index is 1.55. The van der Waals surface area contributed by atoms with E-state index in [0.29, 0.717) is 35.4 Å². The lowest BCUT2D eigenvalue weighted by molar-refractivity contribution is -0.116. The molecule has 0 aliphatic heterocycles. The van der Waals surface area contributed by atoms with E-state index in [2.05, 4.69) is 25.8 Å². The molecule has 3 rings (SSSR count). The molecule has 8 nitrogen and oxygen atoms in total. The van der Waals surface area contributed by atoms with Crippen LogP contribution in [-0.4, -0.2) is 36.8 Å². The van der Waals surface area contributed by atoms with Gasteiger partial charge in [-0.25, -0.2) is 4.98 Å². The van der Waals surface area contributed by atoms with E-state index in [9.17, 15) is 9.59 Å². The molecule has 2 N–H and O–H groups in total. The lowest BCUT2D eigenvalue weighted by atomic mass is 10.2. The monoisotopic (exact) mass is 458 g/mol. The van der Waals surface area contributed by atoms with E-state index in [-0.39, 0.29) is 17.1 Å². The minimum atomic E-state index is -0.315. The van der Waals surface area contributed by atoms with E-state index >= 15 is 0 Å². The molecular weight excluding hydrogens is 432 g/mol. The lowest BCUT2D eigenvalue weighted by Gasteiger charge is -2.13. The summed E-state index contributed by atoms with van der Waals surface area (Å²) in [4.78, 5) is 29.1. The first-order valence-corrected chi connectivity index (χ1v) is 11.8. The van der Waals surface area contributed by atoms with Gasteiger partial charge in [-0.2, -0.15) is 0 Å². The summed E-state index contributed by atoms with van der Waals surface area (Å²) >= 11 is 2.77. The number of aromatic nitrogens is 4. The lowest BCUT2D eigenvalue weighted by Crippen LogP contribution is -2.25. The minimum Gasteiger partial charge on any atom is -0.326 e. The number of carbonyl (C=O) groups excluding carboxylic acids is 2. The number of thioether (sulfide) groups is 1. The molecule has 0 bridgehead atoms. The Morgan fingerprint density at radius 3 is 2.55 bits per heavy atom. The average Bonchev–Trinajstić information content (AvgIpc) is 3.31. The smallest absolute Gasteiger partial charge is 0.239 e. The molecule has 0 radical (unpaired) electrons. The van der Waals surface area contributed by atoms with Gasteiger partial charge in [-0.3, -0.25) is 9.59 Å². The maximum absolute atomic E-state index is 12.6. The van der Waals surface area contributed by atoms with Gasteiger partial charge in [0, 0.05) is 31.0 Å². The third-order valence-corrected chi connectivity index (χ3v) is 6.87. The molecule has 0 fully saturated rings. The van der Waals surface area contributed by atoms with Crippen LogP contribution in [0.4, 0.5) is 10.8 Å². The molecular formula is C21H26N6O2S2. The predicted molar refractivity (Wildman–Crippen MR) is 125 cm³/mol. The minimum absolute atomic E-state index is 0.0781. The number of aryl methyl sites for hydroxylation is 3. The quantitative estimate of drug-likeness (QED) is 0.471. The van der Waals surface area contributed by atoms with E-state index < -0.39 is 0 Å². The van der Waals surface area contributed by atoms with Gasteiger partial charge >= 0.3 is 0 Å². The van der Waals surface area contributed by atoms with Gasteiger partial charge in [0.1, 0.15) is 5.82 Å². The fourth-order valence-corrected chi connectivity index (χ4v) is 4.43. The highest BCUT2D eigenvalue weighted by atomic mass is 32.2. The summed E-state index contributed by atoms with van der Waals surface area (Å²) in [6, 6.07) is 7.68. The van der Waals surface area contributed by atoms with Crippen LogP contribution in [0.2, 0.25) is 0 Å². The van der Waals surface area contributed by atoms with E-state index in [1.165, 1.54) is 23.1 Å². The van der Waals surface area contributed by atoms with Crippen molar-refractivity contribution >= 4 is 45.7 Å². The first-order chi connectivity index (χ1) is 14.9. The zero-order valence-corrected chi connectivity index (χ0v) is 19.6. The Bertz CT molecular complexity index is 1040. The summed E-state index contributed by atoms with van der Waals surface area (Å²) < 4.78 is 1.84. The van der Waals surface area contributed by atoms with Gasteiger partial charge in [-0.15, -0.1) is 21.5 Å². The van der Waals surface area contributed by atoms with Crippen LogP contribution in [0.1, 0.15) is 36.8 Å². The van der Waals surface area contributed by atoms with Crippen molar-refractivity contribution < 1.29 is 9.59 Å². The Labute approximate surface area is 189 Å². The maximum atomic E-state index is 12.6. The van der Waals surface area contributed by atoms with Crippen LogP contribution in [0.3, 0.4) is 0 Å². The molecule has 0 saturated heterocycles. The number of thiazole rings is 1. The molecule has 3 aromatic rings. The topological polar surface area (TPSA) is 102 Å². The van der Waals surface area contributed by atoms with Crippen LogP contribution in [0.15, 0.2) is 34.8 Å². The molecule has 0 saturated carbocycles. The van der Waals surface area contributed by atoms with Crippen LogP contribution in [0.25, 0.3) is 0 Å². The molecule has 1 unspecified atom stereocenters. The Morgan fingerprint density at radius 1 is 1.16 bits per heavy atom. The summed E-state index contributed by atoms with van der Waals surface area (Å²) in [5.74, 6) is 0.516. The average molecular weight is 459 g/mol. The molecule has 0 spiro atoms. The second-order valence-electron chi connectivity index (χ2n) is 7.17. The van der Waals surface area contributed by atoms with Crippen LogP contribution >= 0.6 is 23.1 Å². The van der Waals surface area contributed by atoms with Crippen molar-refractivity contribution in [2.75, 3.05) is 10.6 Å². The highest BCUT2D eigenvalue weighted by molar-refractivity contribution is 8.00. The highest BCUT2D eigenvalue weighted by Gasteiger charge is 2.22. The molecule has 1 aromatic carbocycles. The Kier molecular flexibility index (Phi) is 7.80. The summed E-state index contributed by atoms with van der Waals surface area (Å²) in [6.45, 7) is 5.85. The predicted octanol–water partition coefficient (Wildman–Crippen LogP) is 3.97. The molecule has 164 valence electrons. The third kappa shape index (κ3) is 6.38. The summed E-state index contributed by atoms with van der Waals surface area (Å²) in [6.07, 6.45) is 1.40. The highest BCUT2D eigenvalue weighted by Crippen LogP contribution is 2.26. The third-order valence-electron chi connectivity index (χ3n) is 4.60. The van der Waals surface area contributed by atoms with Gasteiger partial charge in [0.2, 0.25) is 11.8 Å². The van der Waals surface area contributed by atoms with Crippen LogP contribution < -0.4 is 10.6 Å². The van der Waals surface area contributed by atoms with Crippen LogP contribution in [0, 0.1) is 13.8 Å². The summed E-state index contributed by atoms with van der Waals surface area (Å²) in [5.41, 5.74) is 2.80. The zero-order valence-electron chi connectivity index (χ0n) is 18.0. The number of hydrogen-bond acceptors (Lipinski definition) is 7. The maximum Gasteiger partial charge on any atom is 0.239 e. The van der Waals surface area contributed by atoms with Gasteiger partial charge in [0.05, 0.1) is 10.9 Å². The number of hydrogen-bond donors (Lipinski definition) is 2. The molecule has 2 aromatic heterocycles. The SMILES string of the molecule is CCC(Sc1nnc(CCC(=O)Nc2ccc(C)cc2)n1C)C(=O)Nc1nc(C)cs1. The normalized spacial score (nSPS) is 11.9. The number of rotatable bonds is 9. The number of benzene rings is 1. The van der Waals surface area contributed by atoms with Gasteiger partial charge in [-0.05, 0) is 32.4 Å². The first-order valence-electron chi connectivity index (χ1n) is 10.00. The number of nitrogens with zero attached hydrogens (tertiary/aromatic N) is 4. The molecule has 2 amide bonds. The summed E-state index contributed by atoms with van der Waals surface area (Å²) in [7, 11) is 1.85. The van der Waals surface area contributed by atoms with Crippen molar-refractivity contribution in [3.63, 3.8) is 0 Å². The Hall–Kier alpha value is -2.72. The second-order valence-corrected chi connectivity index (χ2v) is 9.20.